The Morgan fingerprint density at radius 3 is 2.22 bits per heavy atom. The first kappa shape index (κ1) is 28.5. The summed E-state index contributed by atoms with van der Waals surface area (Å²) in [5, 5.41) is 34.7. The maximum absolute atomic E-state index is 13.4. The molecule has 1 fully saturated rings. The summed E-state index contributed by atoms with van der Waals surface area (Å²) in [5.74, 6) is -5.43. The highest BCUT2D eigenvalue weighted by Crippen LogP contribution is 2.48. The van der Waals surface area contributed by atoms with Crippen LogP contribution in [0.5, 0.6) is 11.5 Å². The molecule has 0 aromatic heterocycles. The van der Waals surface area contributed by atoms with E-state index in [1.165, 1.54) is 43.0 Å². The van der Waals surface area contributed by atoms with Gasteiger partial charge < -0.3 is 35.0 Å². The number of aliphatic hydroxyl groups is 1. The van der Waals surface area contributed by atoms with Gasteiger partial charge in [0.05, 0.1) is 29.8 Å². The molecule has 1 unspecified atom stereocenters. The van der Waals surface area contributed by atoms with E-state index >= 15 is 0 Å². The molecule has 5 rings (SSSR count). The Bertz CT molecular complexity index is 1470. The van der Waals surface area contributed by atoms with Crippen LogP contribution in [-0.2, 0) is 25.6 Å². The lowest BCUT2D eigenvalue weighted by Crippen LogP contribution is -2.57. The van der Waals surface area contributed by atoms with Crippen LogP contribution < -0.4 is 5.32 Å². The van der Waals surface area contributed by atoms with Crippen LogP contribution in [0.3, 0.4) is 0 Å². The zero-order chi connectivity index (χ0) is 30.0. The van der Waals surface area contributed by atoms with Crippen molar-refractivity contribution in [2.75, 3.05) is 6.54 Å². The fourth-order valence-corrected chi connectivity index (χ4v) is 5.50. The molecule has 2 amide bonds. The van der Waals surface area contributed by atoms with E-state index in [1.54, 1.807) is 5.32 Å². The van der Waals surface area contributed by atoms with Crippen LogP contribution in [0.2, 0.25) is 0 Å². The number of nitrogens with zero attached hydrogens (tertiary/aromatic N) is 1. The average Bonchev–Trinajstić information content (AvgIpc) is 2.91. The normalized spacial score (nSPS) is 25.7. The molecule has 3 aliphatic rings. The maximum atomic E-state index is 13.4. The van der Waals surface area contributed by atoms with Crippen LogP contribution in [-0.4, -0.2) is 80.9 Å². The highest BCUT2D eigenvalue weighted by molar-refractivity contribution is 6.30. The number of aromatic hydroxyl groups is 2. The zero-order valence-corrected chi connectivity index (χ0v) is 21.7. The first-order valence-corrected chi connectivity index (χ1v) is 12.6. The van der Waals surface area contributed by atoms with E-state index in [2.05, 4.69) is 0 Å². The third kappa shape index (κ3) is 4.81. The van der Waals surface area contributed by atoms with Crippen molar-refractivity contribution in [1.82, 2.24) is 10.2 Å². The number of benzene rings is 2. The van der Waals surface area contributed by atoms with E-state index in [9.17, 15) is 47.7 Å². The number of fused-ring (bicyclic) bond motifs is 3. The van der Waals surface area contributed by atoms with E-state index in [4.69, 9.17) is 9.47 Å². The third-order valence-electron chi connectivity index (χ3n) is 7.56. The Balaban J connectivity index is 1.54. The Morgan fingerprint density at radius 1 is 1.07 bits per heavy atom. The summed E-state index contributed by atoms with van der Waals surface area (Å²) in [5.41, 5.74) is -0.980. The summed E-state index contributed by atoms with van der Waals surface area (Å²) in [6.07, 6.45) is -10.9. The Hall–Kier alpha value is -4.01. The number of rotatable bonds is 3. The van der Waals surface area contributed by atoms with Crippen molar-refractivity contribution < 1.29 is 57.1 Å². The smallest absolute Gasteiger partial charge is 0.471 e. The highest BCUT2D eigenvalue weighted by Gasteiger charge is 2.46. The van der Waals surface area contributed by atoms with Crippen LogP contribution in [0.4, 0.5) is 13.2 Å². The second-order valence-electron chi connectivity index (χ2n) is 10.1. The minimum atomic E-state index is -5.20. The number of alkyl halides is 3. The third-order valence-corrected chi connectivity index (χ3v) is 7.56. The quantitative estimate of drug-likeness (QED) is 0.340. The molecule has 41 heavy (non-hydrogen) atoms. The monoisotopic (exact) mass is 578 g/mol. The zero-order valence-electron chi connectivity index (χ0n) is 21.7. The van der Waals surface area contributed by atoms with Crippen molar-refractivity contribution in [3.05, 3.63) is 57.6 Å². The van der Waals surface area contributed by atoms with Crippen molar-refractivity contribution in [2.24, 2.45) is 0 Å². The fraction of sp³-hybridized carbons (Fsp3) is 0.407. The fourth-order valence-electron chi connectivity index (χ4n) is 5.50. The summed E-state index contributed by atoms with van der Waals surface area (Å²) >= 11 is 0. The molecule has 4 N–H and O–H groups in total. The summed E-state index contributed by atoms with van der Waals surface area (Å²) in [6.45, 7) is 2.12. The minimum Gasteiger partial charge on any atom is -0.507 e. The minimum absolute atomic E-state index is 0.0139. The SMILES string of the molecule is CC(=O)N1Cc2c(O)c3c(c(O)c2[C@H](OC2C[C@H](NC(=O)C(F)(F)F)[C@H](O)[C@H](C)O2)C1)C(=O)c1ccccc1C3=O. The van der Waals surface area contributed by atoms with Crippen molar-refractivity contribution >= 4 is 23.4 Å². The van der Waals surface area contributed by atoms with Crippen LogP contribution >= 0.6 is 0 Å². The van der Waals surface area contributed by atoms with E-state index in [0.717, 1.165) is 0 Å². The van der Waals surface area contributed by atoms with Gasteiger partial charge in [0, 0.05) is 42.1 Å². The van der Waals surface area contributed by atoms with Crippen molar-refractivity contribution in [3.63, 3.8) is 0 Å². The van der Waals surface area contributed by atoms with Gasteiger partial charge in [0.25, 0.3) is 0 Å². The molecular formula is C27H25F3N2O9. The van der Waals surface area contributed by atoms with Gasteiger partial charge in [-0.3, -0.25) is 19.2 Å². The first-order valence-electron chi connectivity index (χ1n) is 12.6. The number of carbonyl (C=O) groups is 4. The van der Waals surface area contributed by atoms with Crippen molar-refractivity contribution in [1.29, 1.82) is 0 Å². The van der Waals surface area contributed by atoms with E-state index in [-0.39, 0.29) is 35.3 Å². The Labute approximate surface area is 230 Å². The molecule has 14 heteroatoms. The van der Waals surface area contributed by atoms with Gasteiger partial charge in [-0.15, -0.1) is 0 Å². The highest BCUT2D eigenvalue weighted by atomic mass is 19.4. The number of phenolic OH excluding ortho intramolecular Hbond substituents is 2. The number of hydrogen-bond donors (Lipinski definition) is 4. The Morgan fingerprint density at radius 2 is 1.66 bits per heavy atom. The van der Waals surface area contributed by atoms with Gasteiger partial charge in [0.15, 0.2) is 17.9 Å². The van der Waals surface area contributed by atoms with Gasteiger partial charge in [-0.25, -0.2) is 0 Å². The summed E-state index contributed by atoms with van der Waals surface area (Å²) in [4.78, 5) is 51.8. The molecule has 0 radical (unpaired) electrons. The van der Waals surface area contributed by atoms with Crippen molar-refractivity contribution in [3.8, 4) is 11.5 Å². The van der Waals surface area contributed by atoms with Crippen LogP contribution in [0, 0.1) is 0 Å². The lowest BCUT2D eigenvalue weighted by atomic mass is 9.79. The lowest BCUT2D eigenvalue weighted by molar-refractivity contribution is -0.247. The molecule has 5 atom stereocenters. The number of aliphatic hydroxyl groups excluding tert-OH is 1. The molecule has 2 aromatic rings. The summed E-state index contributed by atoms with van der Waals surface area (Å²) < 4.78 is 50.2. The average molecular weight is 578 g/mol. The molecule has 11 nitrogen and oxygen atoms in total. The van der Waals surface area contributed by atoms with Gasteiger partial charge in [0.1, 0.15) is 23.7 Å². The van der Waals surface area contributed by atoms with Gasteiger partial charge in [-0.05, 0) is 6.92 Å². The predicted molar refractivity (Wildman–Crippen MR) is 131 cm³/mol. The molecular weight excluding hydrogens is 553 g/mol. The number of carbonyl (C=O) groups excluding carboxylic acids is 4. The number of ether oxygens (including phenoxy) is 2. The van der Waals surface area contributed by atoms with E-state index < -0.39 is 89.2 Å². The maximum Gasteiger partial charge on any atom is 0.471 e. The number of phenols is 2. The van der Waals surface area contributed by atoms with Gasteiger partial charge >= 0.3 is 12.1 Å². The van der Waals surface area contributed by atoms with Gasteiger partial charge in [-0.2, -0.15) is 13.2 Å². The van der Waals surface area contributed by atoms with Crippen LogP contribution in [0.1, 0.15) is 69.3 Å². The largest absolute Gasteiger partial charge is 0.507 e. The number of nitrogens with one attached hydrogen (secondary N) is 1. The van der Waals surface area contributed by atoms with E-state index in [0.29, 0.717) is 0 Å². The lowest BCUT2D eigenvalue weighted by Gasteiger charge is -2.42. The molecule has 1 saturated heterocycles. The van der Waals surface area contributed by atoms with Gasteiger partial charge in [-0.1, -0.05) is 24.3 Å². The molecule has 2 aliphatic heterocycles. The van der Waals surface area contributed by atoms with Crippen molar-refractivity contribution in [2.45, 2.75) is 63.6 Å². The van der Waals surface area contributed by atoms with E-state index in [1.807, 2.05) is 0 Å². The summed E-state index contributed by atoms with van der Waals surface area (Å²) in [6, 6.07) is 4.46. The molecule has 2 heterocycles. The van der Waals surface area contributed by atoms with Gasteiger partial charge in [0.2, 0.25) is 5.91 Å². The molecule has 0 spiro atoms. The topological polar surface area (TPSA) is 163 Å². The molecule has 2 aromatic carbocycles. The molecule has 218 valence electrons. The predicted octanol–water partition coefficient (Wildman–Crippen LogP) is 1.84. The second kappa shape index (κ2) is 10.1. The number of ketones is 2. The standard InChI is InChI=1S/C27H25F3N2O9/c1-10-21(34)15(31-26(39)27(28,29)30)7-17(40-10)41-16-9-32(11(2)33)8-14-18(16)25(38)20-19(24(14)37)22(35)12-5-3-4-6-13(12)23(20)36/h3-6,10,15-17,21,34,37-38H,7-9H2,1-2H3,(H,31,39)/t10-,15-,16+,17?,21+/m0/s1. The molecule has 0 bridgehead atoms. The number of hydrogen-bond acceptors (Lipinski definition) is 9. The van der Waals surface area contributed by atoms with Crippen LogP contribution in [0.15, 0.2) is 24.3 Å². The summed E-state index contributed by atoms with van der Waals surface area (Å²) in [7, 11) is 0. The first-order chi connectivity index (χ1) is 19.2. The molecule has 1 aliphatic carbocycles. The Kier molecular flexibility index (Phi) is 7.04. The van der Waals surface area contributed by atoms with Crippen LogP contribution in [0.25, 0.3) is 0 Å². The molecule has 0 saturated carbocycles. The second-order valence-corrected chi connectivity index (χ2v) is 10.1. The number of halogens is 3. The number of amides is 2.